The van der Waals surface area contributed by atoms with E-state index in [0.717, 1.165) is 17.8 Å². The molecule has 1 aliphatic carbocycles. The minimum absolute atomic E-state index is 0.141. The monoisotopic (exact) mass is 292 g/mol. The van der Waals surface area contributed by atoms with Crippen LogP contribution in [0, 0.1) is 0 Å². The van der Waals surface area contributed by atoms with Gasteiger partial charge in [0.1, 0.15) is 5.75 Å². The van der Waals surface area contributed by atoms with Gasteiger partial charge in [0.15, 0.2) is 0 Å². The van der Waals surface area contributed by atoms with Gasteiger partial charge in [-0.15, -0.1) is 0 Å². The largest absolute Gasteiger partial charge is 0.508 e. The molecule has 0 aromatic heterocycles. The molecule has 1 saturated carbocycles. The fourth-order valence-corrected chi connectivity index (χ4v) is 3.34. The van der Waals surface area contributed by atoms with E-state index in [0.29, 0.717) is 18.3 Å². The van der Waals surface area contributed by atoms with Gasteiger partial charge < -0.3 is 20.4 Å². The third-order valence-corrected chi connectivity index (χ3v) is 4.43. The van der Waals surface area contributed by atoms with Gasteiger partial charge in [0, 0.05) is 35.9 Å². The summed E-state index contributed by atoms with van der Waals surface area (Å²) in [6.45, 7) is 5.77. The molecule has 4 heteroatoms. The molecular formula is C17H28N2O2. The summed E-state index contributed by atoms with van der Waals surface area (Å²) in [6.07, 6.45) is 4.87. The number of aliphatic hydroxyl groups excluding tert-OH is 1. The van der Waals surface area contributed by atoms with Crippen LogP contribution in [0.2, 0.25) is 0 Å². The van der Waals surface area contributed by atoms with E-state index in [4.69, 9.17) is 0 Å². The SMILES string of the molecule is CCNC(C)c1ccc(N(CCO)C2CCCC2)cc1O. The molecular weight excluding hydrogens is 264 g/mol. The molecule has 2 rings (SSSR count). The number of aliphatic hydroxyl groups is 1. The molecule has 1 fully saturated rings. The third kappa shape index (κ3) is 3.89. The van der Waals surface area contributed by atoms with E-state index in [1.807, 2.05) is 12.1 Å². The Morgan fingerprint density at radius 3 is 2.62 bits per heavy atom. The van der Waals surface area contributed by atoms with Crippen LogP contribution in [0.3, 0.4) is 0 Å². The molecule has 0 amide bonds. The molecule has 1 aromatic rings. The van der Waals surface area contributed by atoms with Gasteiger partial charge in [-0.05, 0) is 32.4 Å². The molecule has 118 valence electrons. The average Bonchev–Trinajstić information content (AvgIpc) is 2.98. The molecule has 3 N–H and O–H groups in total. The number of aromatic hydroxyl groups is 1. The van der Waals surface area contributed by atoms with Crippen molar-refractivity contribution in [2.24, 2.45) is 0 Å². The molecule has 0 spiro atoms. The number of phenols is 1. The Bertz CT molecular complexity index is 444. The van der Waals surface area contributed by atoms with Gasteiger partial charge in [-0.2, -0.15) is 0 Å². The maximum atomic E-state index is 10.3. The Balaban J connectivity index is 2.19. The van der Waals surface area contributed by atoms with E-state index in [1.165, 1.54) is 25.7 Å². The van der Waals surface area contributed by atoms with Crippen molar-refractivity contribution in [1.29, 1.82) is 0 Å². The summed E-state index contributed by atoms with van der Waals surface area (Å²) in [4.78, 5) is 2.24. The standard InChI is InChI=1S/C17H28N2O2/c1-3-18-13(2)16-9-8-15(12-17(16)21)19(10-11-20)14-6-4-5-7-14/h8-9,12-14,18,20-21H,3-7,10-11H2,1-2H3. The first-order valence-electron chi connectivity index (χ1n) is 8.11. The van der Waals surface area contributed by atoms with Crippen LogP contribution in [0.25, 0.3) is 0 Å². The second kappa shape index (κ2) is 7.66. The topological polar surface area (TPSA) is 55.7 Å². The molecule has 1 aliphatic rings. The van der Waals surface area contributed by atoms with Gasteiger partial charge in [-0.25, -0.2) is 0 Å². The highest BCUT2D eigenvalue weighted by molar-refractivity contribution is 5.55. The summed E-state index contributed by atoms with van der Waals surface area (Å²) in [5, 5.41) is 23.0. The minimum Gasteiger partial charge on any atom is -0.508 e. The predicted molar refractivity (Wildman–Crippen MR) is 86.9 cm³/mol. The van der Waals surface area contributed by atoms with Gasteiger partial charge in [0.05, 0.1) is 6.61 Å². The van der Waals surface area contributed by atoms with Crippen molar-refractivity contribution in [3.8, 4) is 5.75 Å². The number of nitrogens with zero attached hydrogens (tertiary/aromatic N) is 1. The summed E-state index contributed by atoms with van der Waals surface area (Å²) >= 11 is 0. The van der Waals surface area contributed by atoms with Gasteiger partial charge >= 0.3 is 0 Å². The van der Waals surface area contributed by atoms with Crippen LogP contribution in [0.4, 0.5) is 5.69 Å². The van der Waals surface area contributed by atoms with Crippen molar-refractivity contribution in [2.75, 3.05) is 24.6 Å². The van der Waals surface area contributed by atoms with Crippen LogP contribution in [0.1, 0.15) is 51.1 Å². The van der Waals surface area contributed by atoms with Crippen molar-refractivity contribution in [3.63, 3.8) is 0 Å². The lowest BCUT2D eigenvalue weighted by atomic mass is 10.1. The van der Waals surface area contributed by atoms with E-state index in [2.05, 4.69) is 30.1 Å². The minimum atomic E-state index is 0.141. The number of phenolic OH excluding ortho intramolecular Hbond substituents is 1. The van der Waals surface area contributed by atoms with Crippen molar-refractivity contribution in [1.82, 2.24) is 5.32 Å². The Kier molecular flexibility index (Phi) is 5.88. The normalized spacial score (nSPS) is 17.1. The van der Waals surface area contributed by atoms with Gasteiger partial charge in [-0.1, -0.05) is 25.8 Å². The van der Waals surface area contributed by atoms with E-state index in [-0.39, 0.29) is 12.6 Å². The quantitative estimate of drug-likeness (QED) is 0.723. The number of hydrogen-bond acceptors (Lipinski definition) is 4. The fourth-order valence-electron chi connectivity index (χ4n) is 3.34. The molecule has 0 heterocycles. The van der Waals surface area contributed by atoms with Crippen LogP contribution in [0.5, 0.6) is 5.75 Å². The first-order chi connectivity index (χ1) is 10.2. The number of anilines is 1. The maximum absolute atomic E-state index is 10.3. The maximum Gasteiger partial charge on any atom is 0.122 e. The lowest BCUT2D eigenvalue weighted by Gasteiger charge is -2.31. The zero-order valence-corrected chi connectivity index (χ0v) is 13.2. The van der Waals surface area contributed by atoms with Gasteiger partial charge in [-0.3, -0.25) is 0 Å². The van der Waals surface area contributed by atoms with Crippen LogP contribution >= 0.6 is 0 Å². The second-order valence-corrected chi connectivity index (χ2v) is 5.88. The Morgan fingerprint density at radius 2 is 2.05 bits per heavy atom. The van der Waals surface area contributed by atoms with Crippen molar-refractivity contribution in [3.05, 3.63) is 23.8 Å². The molecule has 0 aliphatic heterocycles. The molecule has 0 saturated heterocycles. The van der Waals surface area contributed by atoms with E-state index >= 15 is 0 Å². The number of benzene rings is 1. The zero-order valence-electron chi connectivity index (χ0n) is 13.2. The van der Waals surface area contributed by atoms with Gasteiger partial charge in [0.25, 0.3) is 0 Å². The lowest BCUT2D eigenvalue weighted by Crippen LogP contribution is -2.35. The van der Waals surface area contributed by atoms with Crippen LogP contribution in [-0.4, -0.2) is 36.0 Å². The zero-order chi connectivity index (χ0) is 15.2. The highest BCUT2D eigenvalue weighted by Gasteiger charge is 2.23. The number of rotatable bonds is 7. The highest BCUT2D eigenvalue weighted by atomic mass is 16.3. The Labute approximate surface area is 127 Å². The molecule has 4 nitrogen and oxygen atoms in total. The van der Waals surface area contributed by atoms with Crippen LogP contribution < -0.4 is 10.2 Å². The molecule has 1 unspecified atom stereocenters. The molecule has 1 aromatic carbocycles. The molecule has 0 radical (unpaired) electrons. The van der Waals surface area contributed by atoms with Crippen LogP contribution in [0.15, 0.2) is 18.2 Å². The Hall–Kier alpha value is -1.26. The molecule has 21 heavy (non-hydrogen) atoms. The average molecular weight is 292 g/mol. The van der Waals surface area contributed by atoms with E-state index in [9.17, 15) is 10.2 Å². The predicted octanol–water partition coefficient (Wildman–Crippen LogP) is 2.80. The first kappa shape index (κ1) is 16.1. The number of nitrogens with one attached hydrogen (secondary N) is 1. The summed E-state index contributed by atoms with van der Waals surface area (Å²) < 4.78 is 0. The molecule has 0 bridgehead atoms. The highest BCUT2D eigenvalue weighted by Crippen LogP contribution is 2.33. The van der Waals surface area contributed by atoms with Crippen LogP contribution in [-0.2, 0) is 0 Å². The second-order valence-electron chi connectivity index (χ2n) is 5.88. The smallest absolute Gasteiger partial charge is 0.122 e. The summed E-state index contributed by atoms with van der Waals surface area (Å²) in [5.74, 6) is 0.335. The molecule has 1 atom stereocenters. The Morgan fingerprint density at radius 1 is 1.33 bits per heavy atom. The number of hydrogen-bond donors (Lipinski definition) is 3. The van der Waals surface area contributed by atoms with Crippen molar-refractivity contribution < 1.29 is 10.2 Å². The summed E-state index contributed by atoms with van der Waals surface area (Å²) in [6, 6.07) is 6.54. The summed E-state index contributed by atoms with van der Waals surface area (Å²) in [7, 11) is 0. The van der Waals surface area contributed by atoms with Gasteiger partial charge in [0.2, 0.25) is 0 Å². The van der Waals surface area contributed by atoms with E-state index in [1.54, 1.807) is 0 Å². The lowest BCUT2D eigenvalue weighted by molar-refractivity contribution is 0.297. The van der Waals surface area contributed by atoms with E-state index < -0.39 is 0 Å². The third-order valence-electron chi connectivity index (χ3n) is 4.43. The first-order valence-corrected chi connectivity index (χ1v) is 8.11. The van der Waals surface area contributed by atoms with Crippen molar-refractivity contribution >= 4 is 5.69 Å². The van der Waals surface area contributed by atoms with Crippen molar-refractivity contribution in [2.45, 2.75) is 51.6 Å². The fraction of sp³-hybridized carbons (Fsp3) is 0.647. The summed E-state index contributed by atoms with van der Waals surface area (Å²) in [5.41, 5.74) is 1.94.